The number of ketones is 1. The Morgan fingerprint density at radius 3 is 2.75 bits per heavy atom. The predicted octanol–water partition coefficient (Wildman–Crippen LogP) is 2.58. The lowest BCUT2D eigenvalue weighted by Gasteiger charge is -1.98. The molecule has 0 N–H and O–H groups in total. The Morgan fingerprint density at radius 1 is 1.38 bits per heavy atom. The quantitative estimate of drug-likeness (QED) is 0.764. The van der Waals surface area contributed by atoms with Crippen molar-refractivity contribution in [1.29, 1.82) is 0 Å². The molecule has 3 nitrogen and oxygen atoms in total. The van der Waals surface area contributed by atoms with Gasteiger partial charge in [0.2, 0.25) is 0 Å². The zero-order valence-electron chi connectivity index (χ0n) is 9.23. The monoisotopic (exact) mass is 232 g/mol. The van der Waals surface area contributed by atoms with Crippen molar-refractivity contribution in [3.8, 4) is 0 Å². The van der Waals surface area contributed by atoms with E-state index in [0.717, 1.165) is 21.3 Å². The van der Waals surface area contributed by atoms with Gasteiger partial charge < -0.3 is 0 Å². The average molecular weight is 232 g/mol. The highest BCUT2D eigenvalue weighted by molar-refractivity contribution is 7.13. The molecule has 0 bridgehead atoms. The fourth-order valence-electron chi connectivity index (χ4n) is 1.54. The van der Waals surface area contributed by atoms with Gasteiger partial charge in [-0.15, -0.1) is 11.3 Å². The van der Waals surface area contributed by atoms with Gasteiger partial charge in [-0.1, -0.05) is 6.07 Å². The van der Waals surface area contributed by atoms with Gasteiger partial charge >= 0.3 is 0 Å². The third-order valence-electron chi connectivity index (χ3n) is 2.22. The molecule has 2 aromatic heterocycles. The second-order valence-corrected chi connectivity index (χ2v) is 4.77. The highest BCUT2D eigenvalue weighted by Crippen LogP contribution is 2.18. The Balaban J connectivity index is 2.18. The van der Waals surface area contributed by atoms with Crippen LogP contribution in [0.4, 0.5) is 0 Å². The molecule has 0 spiro atoms. The summed E-state index contributed by atoms with van der Waals surface area (Å²) in [5.41, 5.74) is 1.63. The van der Waals surface area contributed by atoms with Gasteiger partial charge in [0.25, 0.3) is 0 Å². The summed E-state index contributed by atoms with van der Waals surface area (Å²) >= 11 is 1.45. The highest BCUT2D eigenvalue weighted by atomic mass is 32.1. The van der Waals surface area contributed by atoms with E-state index in [9.17, 15) is 4.79 Å². The fourth-order valence-corrected chi connectivity index (χ4v) is 2.39. The van der Waals surface area contributed by atoms with Crippen LogP contribution in [0.25, 0.3) is 0 Å². The summed E-state index contributed by atoms with van der Waals surface area (Å²) in [5.74, 6) is 0.0989. The molecule has 0 aliphatic rings. The minimum Gasteiger partial charge on any atom is -0.293 e. The number of carbonyl (C=O) groups is 1. The molecule has 82 valence electrons. The standard InChI is InChI=1S/C12H12N2OS/c1-8-12(16-9(2)14-8)11(15)7-10-5-3-4-6-13-10/h3-6H,7H2,1-2H3. The molecule has 0 saturated heterocycles. The van der Waals surface area contributed by atoms with Crippen LogP contribution >= 0.6 is 11.3 Å². The van der Waals surface area contributed by atoms with Gasteiger partial charge in [-0.2, -0.15) is 0 Å². The number of thiazole rings is 1. The van der Waals surface area contributed by atoms with Crippen LogP contribution in [-0.2, 0) is 6.42 Å². The Kier molecular flexibility index (Phi) is 3.10. The maximum Gasteiger partial charge on any atom is 0.180 e. The zero-order valence-corrected chi connectivity index (χ0v) is 10.0. The van der Waals surface area contributed by atoms with Crippen LogP contribution in [0, 0.1) is 13.8 Å². The maximum absolute atomic E-state index is 12.0. The van der Waals surface area contributed by atoms with Crippen molar-refractivity contribution >= 4 is 17.1 Å². The first-order chi connectivity index (χ1) is 7.66. The lowest BCUT2D eigenvalue weighted by molar-refractivity contribution is 0.0995. The molecule has 0 aliphatic carbocycles. The number of pyridine rings is 1. The number of aryl methyl sites for hydroxylation is 2. The summed E-state index contributed by atoms with van der Waals surface area (Å²) < 4.78 is 0. The molecular weight excluding hydrogens is 220 g/mol. The van der Waals surface area contributed by atoms with E-state index in [-0.39, 0.29) is 5.78 Å². The molecule has 2 rings (SSSR count). The van der Waals surface area contributed by atoms with Gasteiger partial charge in [-0.25, -0.2) is 4.98 Å². The number of rotatable bonds is 3. The van der Waals surface area contributed by atoms with Crippen LogP contribution in [0.2, 0.25) is 0 Å². The van der Waals surface area contributed by atoms with Crippen LogP contribution in [-0.4, -0.2) is 15.8 Å². The van der Waals surface area contributed by atoms with E-state index in [4.69, 9.17) is 0 Å². The molecule has 0 radical (unpaired) electrons. The van der Waals surface area contributed by atoms with Crippen LogP contribution in [0.3, 0.4) is 0 Å². The van der Waals surface area contributed by atoms with Crippen LogP contribution < -0.4 is 0 Å². The third kappa shape index (κ3) is 2.33. The fraction of sp³-hybridized carbons (Fsp3) is 0.250. The first-order valence-electron chi connectivity index (χ1n) is 5.04. The van der Waals surface area contributed by atoms with Crippen molar-refractivity contribution < 1.29 is 4.79 Å². The molecule has 0 saturated carbocycles. The molecule has 0 aromatic carbocycles. The zero-order chi connectivity index (χ0) is 11.5. The molecule has 0 fully saturated rings. The number of aromatic nitrogens is 2. The molecule has 2 aromatic rings. The number of hydrogen-bond donors (Lipinski definition) is 0. The van der Waals surface area contributed by atoms with E-state index in [1.165, 1.54) is 11.3 Å². The number of nitrogens with zero attached hydrogens (tertiary/aromatic N) is 2. The molecule has 0 unspecified atom stereocenters. The van der Waals surface area contributed by atoms with E-state index < -0.39 is 0 Å². The maximum atomic E-state index is 12.0. The van der Waals surface area contributed by atoms with Gasteiger partial charge in [0, 0.05) is 11.9 Å². The minimum atomic E-state index is 0.0989. The van der Waals surface area contributed by atoms with E-state index in [1.54, 1.807) is 6.20 Å². The average Bonchev–Trinajstić information content (AvgIpc) is 2.59. The number of carbonyl (C=O) groups excluding carboxylic acids is 1. The Bertz CT molecular complexity index is 505. The number of hydrogen-bond acceptors (Lipinski definition) is 4. The van der Waals surface area contributed by atoms with Crippen molar-refractivity contribution in [3.63, 3.8) is 0 Å². The van der Waals surface area contributed by atoms with E-state index in [0.29, 0.717) is 6.42 Å². The minimum absolute atomic E-state index is 0.0989. The molecule has 16 heavy (non-hydrogen) atoms. The second-order valence-electron chi connectivity index (χ2n) is 3.57. The highest BCUT2D eigenvalue weighted by Gasteiger charge is 2.14. The lowest BCUT2D eigenvalue weighted by atomic mass is 10.1. The van der Waals surface area contributed by atoms with Crippen molar-refractivity contribution in [3.05, 3.63) is 45.7 Å². The first-order valence-corrected chi connectivity index (χ1v) is 5.85. The van der Waals surface area contributed by atoms with Gasteiger partial charge in [-0.05, 0) is 26.0 Å². The summed E-state index contributed by atoms with van der Waals surface area (Å²) in [7, 11) is 0. The molecule has 0 atom stereocenters. The predicted molar refractivity (Wildman–Crippen MR) is 63.9 cm³/mol. The van der Waals surface area contributed by atoms with Crippen LogP contribution in [0.15, 0.2) is 24.4 Å². The van der Waals surface area contributed by atoms with E-state index in [2.05, 4.69) is 9.97 Å². The largest absolute Gasteiger partial charge is 0.293 e. The topological polar surface area (TPSA) is 42.9 Å². The van der Waals surface area contributed by atoms with Gasteiger partial charge in [0.05, 0.1) is 22.0 Å². The molecule has 2 heterocycles. The summed E-state index contributed by atoms with van der Waals surface area (Å²) in [6.07, 6.45) is 2.05. The summed E-state index contributed by atoms with van der Waals surface area (Å²) in [6.45, 7) is 3.78. The Labute approximate surface area is 98.2 Å². The molecule has 0 amide bonds. The summed E-state index contributed by atoms with van der Waals surface area (Å²) in [5, 5.41) is 0.932. The molecular formula is C12H12N2OS. The van der Waals surface area contributed by atoms with Crippen molar-refractivity contribution in [2.45, 2.75) is 20.3 Å². The molecule has 4 heteroatoms. The van der Waals surface area contributed by atoms with Crippen molar-refractivity contribution in [1.82, 2.24) is 9.97 Å². The normalized spacial score (nSPS) is 10.4. The SMILES string of the molecule is Cc1nc(C)c(C(=O)Cc2ccccn2)s1. The smallest absolute Gasteiger partial charge is 0.180 e. The van der Waals surface area contributed by atoms with Crippen LogP contribution in [0.1, 0.15) is 26.1 Å². The van der Waals surface area contributed by atoms with Crippen LogP contribution in [0.5, 0.6) is 0 Å². The van der Waals surface area contributed by atoms with E-state index in [1.807, 2.05) is 32.0 Å². The Morgan fingerprint density at radius 2 is 2.19 bits per heavy atom. The van der Waals surface area contributed by atoms with Crippen molar-refractivity contribution in [2.75, 3.05) is 0 Å². The van der Waals surface area contributed by atoms with Gasteiger partial charge in [0.1, 0.15) is 0 Å². The third-order valence-corrected chi connectivity index (χ3v) is 3.34. The second kappa shape index (κ2) is 4.53. The van der Waals surface area contributed by atoms with Gasteiger partial charge in [0.15, 0.2) is 5.78 Å². The summed E-state index contributed by atoms with van der Waals surface area (Å²) in [4.78, 5) is 21.1. The molecule has 0 aliphatic heterocycles. The lowest BCUT2D eigenvalue weighted by Crippen LogP contribution is -2.04. The number of Topliss-reactive ketones (excluding diaryl/α,β-unsaturated/α-hetero) is 1. The first kappa shape index (κ1) is 11.0. The van der Waals surface area contributed by atoms with Crippen molar-refractivity contribution in [2.24, 2.45) is 0 Å². The summed E-state index contributed by atoms with van der Waals surface area (Å²) in [6, 6.07) is 5.59. The van der Waals surface area contributed by atoms with E-state index >= 15 is 0 Å². The Hall–Kier alpha value is -1.55. The van der Waals surface area contributed by atoms with Gasteiger partial charge in [-0.3, -0.25) is 9.78 Å².